The predicted molar refractivity (Wildman–Crippen MR) is 118 cm³/mol. The van der Waals surface area contributed by atoms with Crippen LogP contribution in [0.25, 0.3) is 10.7 Å². The smallest absolute Gasteiger partial charge is 0.227 e. The summed E-state index contributed by atoms with van der Waals surface area (Å²) in [7, 11) is 0. The Balaban J connectivity index is 1.31. The molecule has 7 heteroatoms. The summed E-state index contributed by atoms with van der Waals surface area (Å²) in [5, 5.41) is 9.11. The third-order valence-electron chi connectivity index (χ3n) is 5.71. The number of rotatable bonds is 8. The van der Waals surface area contributed by atoms with Crippen molar-refractivity contribution in [2.24, 2.45) is 5.92 Å². The Morgan fingerprint density at radius 1 is 1.23 bits per heavy atom. The summed E-state index contributed by atoms with van der Waals surface area (Å²) in [6.45, 7) is 5.08. The largest absolute Gasteiger partial charge is 0.354 e. The second kappa shape index (κ2) is 10.00. The van der Waals surface area contributed by atoms with Crippen molar-refractivity contribution in [3.8, 4) is 10.7 Å². The highest BCUT2D eigenvalue weighted by molar-refractivity contribution is 7.13. The van der Waals surface area contributed by atoms with Crippen molar-refractivity contribution in [3.63, 3.8) is 0 Å². The predicted octanol–water partition coefficient (Wildman–Crippen LogP) is 4.32. The second-order valence-electron chi connectivity index (χ2n) is 7.94. The molecule has 1 aromatic carbocycles. The lowest BCUT2D eigenvalue weighted by molar-refractivity contribution is -0.121. The fourth-order valence-corrected chi connectivity index (χ4v) is 4.50. The Morgan fingerprint density at radius 2 is 2.03 bits per heavy atom. The molecule has 0 radical (unpaired) electrons. The SMILES string of the molecule is CC1CCN(C(CNC(=O)CCc2nc(-c3cccs3)no2)c2ccccc2)CC1. The highest BCUT2D eigenvalue weighted by atomic mass is 32.1. The molecule has 1 aliphatic heterocycles. The molecular weight excluding hydrogens is 396 g/mol. The number of thiophene rings is 1. The van der Waals surface area contributed by atoms with Crippen molar-refractivity contribution in [1.29, 1.82) is 0 Å². The van der Waals surface area contributed by atoms with Gasteiger partial charge in [0, 0.05) is 19.4 Å². The van der Waals surface area contributed by atoms with Crippen molar-refractivity contribution in [1.82, 2.24) is 20.4 Å². The van der Waals surface area contributed by atoms with Crippen LogP contribution in [-0.2, 0) is 11.2 Å². The maximum Gasteiger partial charge on any atom is 0.227 e. The molecule has 3 heterocycles. The summed E-state index contributed by atoms with van der Waals surface area (Å²) in [5.41, 5.74) is 1.25. The van der Waals surface area contributed by atoms with Gasteiger partial charge in [0.1, 0.15) is 0 Å². The van der Waals surface area contributed by atoms with E-state index in [-0.39, 0.29) is 11.9 Å². The van der Waals surface area contributed by atoms with E-state index in [0.717, 1.165) is 23.9 Å². The number of likely N-dealkylation sites (tertiary alicyclic amines) is 1. The lowest BCUT2D eigenvalue weighted by Gasteiger charge is -2.37. The van der Waals surface area contributed by atoms with Gasteiger partial charge in [0.2, 0.25) is 17.6 Å². The van der Waals surface area contributed by atoms with Gasteiger partial charge in [-0.15, -0.1) is 11.3 Å². The fraction of sp³-hybridized carbons (Fsp3) is 0.435. The van der Waals surface area contributed by atoms with Crippen LogP contribution in [-0.4, -0.2) is 40.6 Å². The van der Waals surface area contributed by atoms with Gasteiger partial charge in [-0.05, 0) is 48.9 Å². The molecule has 1 unspecified atom stereocenters. The first-order chi connectivity index (χ1) is 14.7. The molecule has 0 aliphatic carbocycles. The molecule has 30 heavy (non-hydrogen) atoms. The third-order valence-corrected chi connectivity index (χ3v) is 6.58. The number of amides is 1. The van der Waals surface area contributed by atoms with Crippen molar-refractivity contribution in [3.05, 3.63) is 59.3 Å². The molecule has 1 aliphatic rings. The van der Waals surface area contributed by atoms with Crippen molar-refractivity contribution in [2.45, 2.75) is 38.6 Å². The van der Waals surface area contributed by atoms with E-state index in [1.54, 1.807) is 11.3 Å². The Bertz CT molecular complexity index is 918. The van der Waals surface area contributed by atoms with Crippen LogP contribution in [0.2, 0.25) is 0 Å². The highest BCUT2D eigenvalue weighted by Gasteiger charge is 2.25. The van der Waals surface area contributed by atoms with Gasteiger partial charge in [-0.25, -0.2) is 0 Å². The van der Waals surface area contributed by atoms with E-state index in [1.165, 1.54) is 18.4 Å². The minimum absolute atomic E-state index is 0.0113. The van der Waals surface area contributed by atoms with Gasteiger partial charge in [0.05, 0.1) is 10.9 Å². The number of hydrogen-bond acceptors (Lipinski definition) is 6. The van der Waals surface area contributed by atoms with E-state index in [2.05, 4.69) is 51.5 Å². The van der Waals surface area contributed by atoms with Gasteiger partial charge < -0.3 is 9.84 Å². The molecule has 1 fully saturated rings. The molecular formula is C23H28N4O2S. The van der Waals surface area contributed by atoms with Gasteiger partial charge >= 0.3 is 0 Å². The highest BCUT2D eigenvalue weighted by Crippen LogP contribution is 2.26. The van der Waals surface area contributed by atoms with E-state index in [4.69, 9.17) is 4.52 Å². The Morgan fingerprint density at radius 3 is 2.77 bits per heavy atom. The number of carbonyl (C=O) groups excluding carboxylic acids is 1. The molecule has 0 spiro atoms. The van der Waals surface area contributed by atoms with Crippen molar-refractivity contribution < 1.29 is 9.32 Å². The minimum Gasteiger partial charge on any atom is -0.354 e. The number of aryl methyl sites for hydroxylation is 1. The Kier molecular flexibility index (Phi) is 6.92. The zero-order valence-corrected chi connectivity index (χ0v) is 18.1. The number of aromatic nitrogens is 2. The van der Waals surface area contributed by atoms with E-state index < -0.39 is 0 Å². The summed E-state index contributed by atoms with van der Waals surface area (Å²) < 4.78 is 5.30. The zero-order chi connectivity index (χ0) is 20.8. The second-order valence-corrected chi connectivity index (χ2v) is 8.89. The Labute approximate surface area is 181 Å². The topological polar surface area (TPSA) is 71.3 Å². The first-order valence-electron chi connectivity index (χ1n) is 10.6. The molecule has 1 saturated heterocycles. The van der Waals surface area contributed by atoms with Gasteiger partial charge in [0.15, 0.2) is 0 Å². The normalized spacial score (nSPS) is 16.4. The van der Waals surface area contributed by atoms with Gasteiger partial charge in [-0.1, -0.05) is 48.5 Å². The van der Waals surface area contributed by atoms with Crippen LogP contribution in [0.5, 0.6) is 0 Å². The Hall–Kier alpha value is -2.51. The molecule has 6 nitrogen and oxygen atoms in total. The van der Waals surface area contributed by atoms with Crippen LogP contribution in [0.3, 0.4) is 0 Å². The summed E-state index contributed by atoms with van der Waals surface area (Å²) in [5.74, 6) is 1.87. The molecule has 2 aromatic heterocycles. The van der Waals surface area contributed by atoms with E-state index in [1.807, 2.05) is 23.6 Å². The number of nitrogens with one attached hydrogen (secondary N) is 1. The molecule has 1 amide bonds. The van der Waals surface area contributed by atoms with Crippen molar-refractivity contribution >= 4 is 17.2 Å². The third kappa shape index (κ3) is 5.34. The number of benzene rings is 1. The summed E-state index contributed by atoms with van der Waals surface area (Å²) in [4.78, 5) is 20.4. The lowest BCUT2D eigenvalue weighted by atomic mass is 9.95. The van der Waals surface area contributed by atoms with Gasteiger partial charge in [-0.2, -0.15) is 4.98 Å². The standard InChI is InChI=1S/C23H28N4O2S/c1-17-11-13-27(14-12-17)19(18-6-3-2-4-7-18)16-24-21(28)9-10-22-25-23(26-29-22)20-8-5-15-30-20/h2-8,15,17,19H,9-14,16H2,1H3,(H,24,28). The summed E-state index contributed by atoms with van der Waals surface area (Å²) in [6.07, 6.45) is 3.20. The molecule has 0 bridgehead atoms. The maximum atomic E-state index is 12.5. The number of piperidine rings is 1. The van der Waals surface area contributed by atoms with E-state index >= 15 is 0 Å². The van der Waals surface area contributed by atoms with Crippen LogP contribution in [0.4, 0.5) is 0 Å². The van der Waals surface area contributed by atoms with E-state index in [0.29, 0.717) is 31.1 Å². The van der Waals surface area contributed by atoms with Crippen LogP contribution < -0.4 is 5.32 Å². The van der Waals surface area contributed by atoms with E-state index in [9.17, 15) is 4.79 Å². The quantitative estimate of drug-likeness (QED) is 0.583. The summed E-state index contributed by atoms with van der Waals surface area (Å²) >= 11 is 1.57. The van der Waals surface area contributed by atoms with Crippen LogP contribution >= 0.6 is 11.3 Å². The van der Waals surface area contributed by atoms with Crippen LogP contribution in [0.15, 0.2) is 52.4 Å². The van der Waals surface area contributed by atoms with Crippen LogP contribution in [0.1, 0.15) is 43.7 Å². The minimum atomic E-state index is 0.0113. The molecule has 1 N–H and O–H groups in total. The summed E-state index contributed by atoms with van der Waals surface area (Å²) in [6, 6.07) is 14.6. The van der Waals surface area contributed by atoms with Gasteiger partial charge in [0.25, 0.3) is 0 Å². The molecule has 4 rings (SSSR count). The average molecular weight is 425 g/mol. The average Bonchev–Trinajstić information content (AvgIpc) is 3.46. The molecule has 1 atom stereocenters. The zero-order valence-electron chi connectivity index (χ0n) is 17.3. The number of nitrogens with zero attached hydrogens (tertiary/aromatic N) is 3. The monoisotopic (exact) mass is 424 g/mol. The lowest BCUT2D eigenvalue weighted by Crippen LogP contribution is -2.42. The number of hydrogen-bond donors (Lipinski definition) is 1. The number of carbonyl (C=O) groups is 1. The molecule has 3 aromatic rings. The fourth-order valence-electron chi connectivity index (χ4n) is 3.85. The first kappa shape index (κ1) is 20.8. The van der Waals surface area contributed by atoms with Gasteiger partial charge in [-0.3, -0.25) is 9.69 Å². The maximum absolute atomic E-state index is 12.5. The first-order valence-corrected chi connectivity index (χ1v) is 11.5. The van der Waals surface area contributed by atoms with Crippen molar-refractivity contribution in [2.75, 3.05) is 19.6 Å². The molecule has 158 valence electrons. The molecule has 0 saturated carbocycles. The van der Waals surface area contributed by atoms with Crippen LogP contribution in [0, 0.1) is 5.92 Å².